The Morgan fingerprint density at radius 2 is 2.14 bits per heavy atom. The third-order valence-corrected chi connectivity index (χ3v) is 1.99. The Morgan fingerprint density at radius 3 is 2.79 bits per heavy atom. The molecule has 76 valence electrons. The minimum absolute atomic E-state index is 0.243. The van der Waals surface area contributed by atoms with Crippen LogP contribution in [0.1, 0.15) is 16.7 Å². The molecule has 3 nitrogen and oxygen atoms in total. The molecule has 0 aliphatic heterocycles. The SMILES string of the molecule is Cc1ccc(C)c(COCC(=O)O)c1. The zero-order valence-electron chi connectivity index (χ0n) is 8.41. The number of hydrogen-bond donors (Lipinski definition) is 1. The van der Waals surface area contributed by atoms with Gasteiger partial charge in [0.05, 0.1) is 6.61 Å². The summed E-state index contributed by atoms with van der Waals surface area (Å²) in [5.41, 5.74) is 3.33. The molecule has 0 bridgehead atoms. The molecule has 0 atom stereocenters. The van der Waals surface area contributed by atoms with Crippen molar-refractivity contribution in [3.05, 3.63) is 34.9 Å². The summed E-state index contributed by atoms with van der Waals surface area (Å²) in [6.07, 6.45) is 0. The van der Waals surface area contributed by atoms with Crippen molar-refractivity contribution in [3.63, 3.8) is 0 Å². The van der Waals surface area contributed by atoms with Crippen LogP contribution >= 0.6 is 0 Å². The average molecular weight is 194 g/mol. The van der Waals surface area contributed by atoms with Gasteiger partial charge in [-0.05, 0) is 25.0 Å². The second kappa shape index (κ2) is 4.77. The highest BCUT2D eigenvalue weighted by Crippen LogP contribution is 2.11. The number of aryl methyl sites for hydroxylation is 2. The fraction of sp³-hybridized carbons (Fsp3) is 0.364. The smallest absolute Gasteiger partial charge is 0.329 e. The van der Waals surface area contributed by atoms with Gasteiger partial charge in [0.15, 0.2) is 0 Å². The highest BCUT2D eigenvalue weighted by atomic mass is 16.5. The molecule has 3 heteroatoms. The van der Waals surface area contributed by atoms with Crippen molar-refractivity contribution < 1.29 is 14.6 Å². The van der Waals surface area contributed by atoms with E-state index in [-0.39, 0.29) is 6.61 Å². The molecule has 14 heavy (non-hydrogen) atoms. The Labute approximate surface area is 83.3 Å². The van der Waals surface area contributed by atoms with E-state index in [4.69, 9.17) is 9.84 Å². The van der Waals surface area contributed by atoms with Crippen molar-refractivity contribution in [2.75, 3.05) is 6.61 Å². The quantitative estimate of drug-likeness (QED) is 0.796. The fourth-order valence-corrected chi connectivity index (χ4v) is 1.20. The summed E-state index contributed by atoms with van der Waals surface area (Å²) in [5.74, 6) is -0.935. The molecule has 0 fully saturated rings. The summed E-state index contributed by atoms with van der Waals surface area (Å²) in [7, 11) is 0. The molecule has 0 aliphatic carbocycles. The average Bonchev–Trinajstić information content (AvgIpc) is 2.10. The summed E-state index contributed by atoms with van der Waals surface area (Å²) in [5, 5.41) is 8.39. The zero-order chi connectivity index (χ0) is 10.6. The minimum atomic E-state index is -0.935. The number of rotatable bonds is 4. The van der Waals surface area contributed by atoms with Crippen molar-refractivity contribution >= 4 is 5.97 Å². The predicted molar refractivity (Wildman–Crippen MR) is 53.2 cm³/mol. The Hall–Kier alpha value is -1.35. The molecule has 0 spiro atoms. The van der Waals surface area contributed by atoms with Crippen LogP contribution in [0.25, 0.3) is 0 Å². The first-order chi connectivity index (χ1) is 6.59. The van der Waals surface area contributed by atoms with Gasteiger partial charge in [-0.25, -0.2) is 4.79 Å². The van der Waals surface area contributed by atoms with Crippen molar-refractivity contribution in [2.24, 2.45) is 0 Å². The van der Waals surface area contributed by atoms with E-state index in [1.165, 1.54) is 0 Å². The highest BCUT2D eigenvalue weighted by Gasteiger charge is 2.01. The van der Waals surface area contributed by atoms with E-state index in [0.717, 1.165) is 16.7 Å². The summed E-state index contributed by atoms with van der Waals surface area (Å²) < 4.78 is 5.02. The molecule has 0 amide bonds. The van der Waals surface area contributed by atoms with Gasteiger partial charge in [0, 0.05) is 0 Å². The number of benzene rings is 1. The molecule has 0 aliphatic rings. The van der Waals surface area contributed by atoms with Crippen LogP contribution in [0.15, 0.2) is 18.2 Å². The largest absolute Gasteiger partial charge is 0.480 e. The van der Waals surface area contributed by atoms with Crippen LogP contribution in [0.4, 0.5) is 0 Å². The summed E-state index contributed by atoms with van der Waals surface area (Å²) in [6, 6.07) is 6.04. The van der Waals surface area contributed by atoms with Crippen LogP contribution in [0.2, 0.25) is 0 Å². The first-order valence-electron chi connectivity index (χ1n) is 4.45. The number of hydrogen-bond acceptors (Lipinski definition) is 2. The van der Waals surface area contributed by atoms with Crippen LogP contribution in [0, 0.1) is 13.8 Å². The molecule has 1 aromatic rings. The maximum absolute atomic E-state index is 10.2. The molecular weight excluding hydrogens is 180 g/mol. The van der Waals surface area contributed by atoms with Crippen molar-refractivity contribution in [1.82, 2.24) is 0 Å². The monoisotopic (exact) mass is 194 g/mol. The minimum Gasteiger partial charge on any atom is -0.480 e. The van der Waals surface area contributed by atoms with Gasteiger partial charge in [-0.15, -0.1) is 0 Å². The molecule has 1 N–H and O–H groups in total. The molecule has 1 aromatic carbocycles. The van der Waals surface area contributed by atoms with Crippen molar-refractivity contribution in [1.29, 1.82) is 0 Å². The standard InChI is InChI=1S/C11H14O3/c1-8-3-4-9(2)10(5-8)6-14-7-11(12)13/h3-5H,6-7H2,1-2H3,(H,12,13). The Balaban J connectivity index is 2.57. The lowest BCUT2D eigenvalue weighted by atomic mass is 10.1. The van der Waals surface area contributed by atoms with E-state index in [9.17, 15) is 4.79 Å². The lowest BCUT2D eigenvalue weighted by Crippen LogP contribution is -2.07. The fourth-order valence-electron chi connectivity index (χ4n) is 1.20. The van der Waals surface area contributed by atoms with Crippen LogP contribution in [-0.2, 0) is 16.1 Å². The topological polar surface area (TPSA) is 46.5 Å². The second-order valence-electron chi connectivity index (χ2n) is 3.32. The summed E-state index contributed by atoms with van der Waals surface area (Å²) in [6.45, 7) is 4.10. The Morgan fingerprint density at radius 1 is 1.43 bits per heavy atom. The van der Waals surface area contributed by atoms with Crippen molar-refractivity contribution in [2.45, 2.75) is 20.5 Å². The van der Waals surface area contributed by atoms with Gasteiger partial charge in [-0.3, -0.25) is 0 Å². The summed E-state index contributed by atoms with van der Waals surface area (Å²) >= 11 is 0. The van der Waals surface area contributed by atoms with E-state index < -0.39 is 5.97 Å². The molecule has 0 saturated carbocycles. The van der Waals surface area contributed by atoms with Crippen molar-refractivity contribution in [3.8, 4) is 0 Å². The molecule has 0 aromatic heterocycles. The van der Waals surface area contributed by atoms with Gasteiger partial charge < -0.3 is 9.84 Å². The Kier molecular flexibility index (Phi) is 3.65. The number of aliphatic carboxylic acids is 1. The first-order valence-corrected chi connectivity index (χ1v) is 4.45. The summed E-state index contributed by atoms with van der Waals surface area (Å²) in [4.78, 5) is 10.2. The van der Waals surface area contributed by atoms with Gasteiger partial charge in [0.2, 0.25) is 0 Å². The second-order valence-corrected chi connectivity index (χ2v) is 3.32. The maximum Gasteiger partial charge on any atom is 0.329 e. The van der Waals surface area contributed by atoms with Crippen LogP contribution in [0.3, 0.4) is 0 Å². The molecule has 0 saturated heterocycles. The lowest BCUT2D eigenvalue weighted by molar-refractivity contribution is -0.142. The molecular formula is C11H14O3. The number of ether oxygens (including phenoxy) is 1. The predicted octanol–water partition coefficient (Wildman–Crippen LogP) is 1.90. The molecule has 1 rings (SSSR count). The molecule has 0 radical (unpaired) electrons. The number of carbonyl (C=O) groups is 1. The van der Waals surface area contributed by atoms with Crippen LogP contribution in [-0.4, -0.2) is 17.7 Å². The number of carboxylic acid groups (broad SMARTS) is 1. The van der Waals surface area contributed by atoms with Gasteiger partial charge >= 0.3 is 5.97 Å². The zero-order valence-corrected chi connectivity index (χ0v) is 8.41. The van der Waals surface area contributed by atoms with E-state index >= 15 is 0 Å². The van der Waals surface area contributed by atoms with E-state index in [1.807, 2.05) is 32.0 Å². The van der Waals surface area contributed by atoms with Gasteiger partial charge in [-0.1, -0.05) is 23.8 Å². The van der Waals surface area contributed by atoms with Gasteiger partial charge in [-0.2, -0.15) is 0 Å². The van der Waals surface area contributed by atoms with E-state index in [0.29, 0.717) is 6.61 Å². The third-order valence-electron chi connectivity index (χ3n) is 1.99. The third kappa shape index (κ3) is 3.18. The van der Waals surface area contributed by atoms with E-state index in [2.05, 4.69) is 0 Å². The first kappa shape index (κ1) is 10.7. The molecule has 0 unspecified atom stereocenters. The van der Waals surface area contributed by atoms with Crippen LogP contribution < -0.4 is 0 Å². The molecule has 0 heterocycles. The number of carboxylic acids is 1. The van der Waals surface area contributed by atoms with E-state index in [1.54, 1.807) is 0 Å². The van der Waals surface area contributed by atoms with Gasteiger partial charge in [0.25, 0.3) is 0 Å². The lowest BCUT2D eigenvalue weighted by Gasteiger charge is -2.06. The Bertz CT molecular complexity index is 331. The normalized spacial score (nSPS) is 10.1. The van der Waals surface area contributed by atoms with Crippen LogP contribution in [0.5, 0.6) is 0 Å². The maximum atomic E-state index is 10.2. The highest BCUT2D eigenvalue weighted by molar-refractivity contribution is 5.68. The van der Waals surface area contributed by atoms with Gasteiger partial charge in [0.1, 0.15) is 6.61 Å².